The highest BCUT2D eigenvalue weighted by molar-refractivity contribution is 5.98. The Labute approximate surface area is 117 Å². The summed E-state index contributed by atoms with van der Waals surface area (Å²) in [5.41, 5.74) is 0.366. The summed E-state index contributed by atoms with van der Waals surface area (Å²) in [6, 6.07) is 4.99. The van der Waals surface area contributed by atoms with E-state index in [0.29, 0.717) is 22.8 Å². The van der Waals surface area contributed by atoms with Crippen LogP contribution in [-0.4, -0.2) is 34.4 Å². The van der Waals surface area contributed by atoms with Crippen LogP contribution >= 0.6 is 0 Å². The molecular formula is C14H15NO5. The van der Waals surface area contributed by atoms with Crippen molar-refractivity contribution in [3.8, 4) is 23.3 Å². The Hall–Kier alpha value is -2.68. The highest BCUT2D eigenvalue weighted by atomic mass is 16.5. The zero-order valence-corrected chi connectivity index (χ0v) is 11.7. The van der Waals surface area contributed by atoms with Crippen LogP contribution < -0.4 is 14.2 Å². The van der Waals surface area contributed by atoms with Crippen LogP contribution in [0, 0.1) is 11.3 Å². The molecule has 6 heteroatoms. The number of rotatable bonds is 5. The molecule has 1 rings (SSSR count). The minimum absolute atomic E-state index is 0.141. The van der Waals surface area contributed by atoms with Gasteiger partial charge in [0.2, 0.25) is 0 Å². The molecule has 0 aliphatic heterocycles. The second-order valence-electron chi connectivity index (χ2n) is 3.61. The molecule has 20 heavy (non-hydrogen) atoms. The Balaban J connectivity index is 3.40. The molecule has 0 saturated heterocycles. The van der Waals surface area contributed by atoms with E-state index in [1.807, 2.05) is 0 Å². The third-order valence-corrected chi connectivity index (χ3v) is 2.56. The van der Waals surface area contributed by atoms with Gasteiger partial charge in [0, 0.05) is 11.6 Å². The smallest absolute Gasteiger partial charge is 0.348 e. The fourth-order valence-corrected chi connectivity index (χ4v) is 1.57. The molecular weight excluding hydrogens is 262 g/mol. The van der Waals surface area contributed by atoms with Crippen molar-refractivity contribution in [2.24, 2.45) is 0 Å². The maximum atomic E-state index is 11.4. The summed E-state index contributed by atoms with van der Waals surface area (Å²) in [6.45, 7) is 0. The molecule has 0 aliphatic rings. The second-order valence-corrected chi connectivity index (χ2v) is 3.61. The van der Waals surface area contributed by atoms with Crippen molar-refractivity contribution < 1.29 is 23.7 Å². The Kier molecular flexibility index (Phi) is 5.42. The largest absolute Gasteiger partial charge is 0.496 e. The number of hydrogen-bond acceptors (Lipinski definition) is 6. The lowest BCUT2D eigenvalue weighted by Gasteiger charge is -2.12. The fraction of sp³-hybridized carbons (Fsp3) is 0.286. The average molecular weight is 277 g/mol. The van der Waals surface area contributed by atoms with Crippen molar-refractivity contribution in [1.82, 2.24) is 0 Å². The van der Waals surface area contributed by atoms with Gasteiger partial charge in [0.1, 0.15) is 17.4 Å². The first kappa shape index (κ1) is 15.4. The summed E-state index contributed by atoms with van der Waals surface area (Å²) in [4.78, 5) is 11.4. The molecule has 0 amide bonds. The minimum atomic E-state index is -0.718. The number of carbonyl (C=O) groups excluding carboxylic acids is 1. The normalized spacial score (nSPS) is 10.4. The first-order valence-corrected chi connectivity index (χ1v) is 5.61. The molecule has 0 spiro atoms. The van der Waals surface area contributed by atoms with Gasteiger partial charge in [-0.05, 0) is 12.1 Å². The van der Waals surface area contributed by atoms with E-state index in [1.165, 1.54) is 34.5 Å². The SMILES string of the molecule is COC(=O)/C(C#N)=C\c1cc(OC)c(OC)cc1OC. The Bertz CT molecular complexity index is 572. The summed E-state index contributed by atoms with van der Waals surface area (Å²) >= 11 is 0. The van der Waals surface area contributed by atoms with Crippen molar-refractivity contribution in [2.75, 3.05) is 28.4 Å². The number of nitrogens with zero attached hydrogens (tertiary/aromatic N) is 1. The lowest BCUT2D eigenvalue weighted by molar-refractivity contribution is -0.135. The highest BCUT2D eigenvalue weighted by Crippen LogP contribution is 2.35. The van der Waals surface area contributed by atoms with E-state index in [0.717, 1.165) is 0 Å². The molecule has 6 nitrogen and oxygen atoms in total. The minimum Gasteiger partial charge on any atom is -0.496 e. The molecule has 0 bridgehead atoms. The third kappa shape index (κ3) is 3.20. The van der Waals surface area contributed by atoms with Crippen molar-refractivity contribution in [3.05, 3.63) is 23.3 Å². The molecule has 0 saturated carbocycles. The van der Waals surface area contributed by atoms with Crippen molar-refractivity contribution in [3.63, 3.8) is 0 Å². The monoisotopic (exact) mass is 277 g/mol. The van der Waals surface area contributed by atoms with Crippen molar-refractivity contribution in [2.45, 2.75) is 0 Å². The predicted molar refractivity (Wildman–Crippen MR) is 71.7 cm³/mol. The summed E-state index contributed by atoms with van der Waals surface area (Å²) in [5.74, 6) is 0.670. The van der Waals surface area contributed by atoms with Gasteiger partial charge in [-0.3, -0.25) is 0 Å². The zero-order valence-electron chi connectivity index (χ0n) is 11.7. The van der Waals surface area contributed by atoms with Gasteiger partial charge in [0.25, 0.3) is 0 Å². The van der Waals surface area contributed by atoms with Gasteiger partial charge in [-0.15, -0.1) is 0 Å². The van der Waals surface area contributed by atoms with Crippen LogP contribution in [0.1, 0.15) is 5.56 Å². The maximum Gasteiger partial charge on any atom is 0.348 e. The number of hydrogen-bond donors (Lipinski definition) is 0. The van der Waals surface area contributed by atoms with Gasteiger partial charge < -0.3 is 18.9 Å². The van der Waals surface area contributed by atoms with Crippen LogP contribution in [0.4, 0.5) is 0 Å². The van der Waals surface area contributed by atoms with Gasteiger partial charge >= 0.3 is 5.97 Å². The molecule has 106 valence electrons. The van der Waals surface area contributed by atoms with E-state index >= 15 is 0 Å². The molecule has 1 aromatic rings. The maximum absolute atomic E-state index is 11.4. The van der Waals surface area contributed by atoms with E-state index in [2.05, 4.69) is 4.74 Å². The number of nitriles is 1. The lowest BCUT2D eigenvalue weighted by Crippen LogP contribution is -2.03. The summed E-state index contributed by atoms with van der Waals surface area (Å²) in [7, 11) is 5.67. The molecule has 0 heterocycles. The van der Waals surface area contributed by atoms with E-state index in [-0.39, 0.29) is 5.57 Å². The molecule has 0 unspecified atom stereocenters. The van der Waals surface area contributed by atoms with Gasteiger partial charge in [-0.2, -0.15) is 5.26 Å². The predicted octanol–water partition coefficient (Wildman–Crippen LogP) is 1.79. The summed E-state index contributed by atoms with van der Waals surface area (Å²) in [5, 5.41) is 8.96. The summed E-state index contributed by atoms with van der Waals surface area (Å²) in [6.07, 6.45) is 1.37. The van der Waals surface area contributed by atoms with Crippen molar-refractivity contribution >= 4 is 12.0 Å². The van der Waals surface area contributed by atoms with Crippen LogP contribution in [0.25, 0.3) is 6.08 Å². The topological polar surface area (TPSA) is 77.8 Å². The lowest BCUT2D eigenvalue weighted by atomic mass is 10.1. The number of ether oxygens (including phenoxy) is 4. The first-order chi connectivity index (χ1) is 9.60. The average Bonchev–Trinajstić information content (AvgIpc) is 2.50. The summed E-state index contributed by atoms with van der Waals surface area (Å²) < 4.78 is 20.0. The van der Waals surface area contributed by atoms with Crippen molar-refractivity contribution in [1.29, 1.82) is 5.26 Å². The van der Waals surface area contributed by atoms with Crippen LogP contribution in [0.15, 0.2) is 17.7 Å². The Morgan fingerprint density at radius 2 is 1.60 bits per heavy atom. The number of carbonyl (C=O) groups is 1. The molecule has 1 aromatic carbocycles. The molecule has 0 fully saturated rings. The van der Waals surface area contributed by atoms with Gasteiger partial charge in [0.05, 0.1) is 28.4 Å². The molecule has 0 aliphatic carbocycles. The van der Waals surface area contributed by atoms with E-state index in [1.54, 1.807) is 18.2 Å². The fourth-order valence-electron chi connectivity index (χ4n) is 1.57. The Morgan fingerprint density at radius 1 is 1.05 bits per heavy atom. The van der Waals surface area contributed by atoms with Crippen LogP contribution in [-0.2, 0) is 9.53 Å². The van der Waals surface area contributed by atoms with Crippen LogP contribution in [0.2, 0.25) is 0 Å². The molecule has 0 atom stereocenters. The number of benzene rings is 1. The Morgan fingerprint density at radius 3 is 2.05 bits per heavy atom. The standard InChI is InChI=1S/C14H15NO5/c1-17-11-7-13(19-3)12(18-2)6-9(11)5-10(8-15)14(16)20-4/h5-7H,1-4H3/b10-5-. The first-order valence-electron chi connectivity index (χ1n) is 5.61. The van der Waals surface area contributed by atoms with Gasteiger partial charge in [-0.25, -0.2) is 4.79 Å². The third-order valence-electron chi connectivity index (χ3n) is 2.56. The molecule has 0 radical (unpaired) electrons. The van der Waals surface area contributed by atoms with E-state index < -0.39 is 5.97 Å². The molecule has 0 N–H and O–H groups in total. The van der Waals surface area contributed by atoms with Gasteiger partial charge in [-0.1, -0.05) is 0 Å². The van der Waals surface area contributed by atoms with Crippen LogP contribution in [0.3, 0.4) is 0 Å². The number of esters is 1. The zero-order chi connectivity index (χ0) is 15.1. The van der Waals surface area contributed by atoms with Gasteiger partial charge in [0.15, 0.2) is 11.5 Å². The van der Waals surface area contributed by atoms with Crippen LogP contribution in [0.5, 0.6) is 17.2 Å². The highest BCUT2D eigenvalue weighted by Gasteiger charge is 2.14. The molecule has 0 aromatic heterocycles. The van der Waals surface area contributed by atoms with E-state index in [9.17, 15) is 4.79 Å². The second kappa shape index (κ2) is 7.04. The number of methoxy groups -OCH3 is 4. The van der Waals surface area contributed by atoms with E-state index in [4.69, 9.17) is 19.5 Å². The quantitative estimate of drug-likeness (QED) is 0.464.